The molecule has 0 aliphatic carbocycles. The van der Waals surface area contributed by atoms with Crippen molar-refractivity contribution in [1.29, 1.82) is 0 Å². The minimum atomic E-state index is -0.486. The number of piperazine rings is 1. The molecule has 2 aromatic carbocycles. The van der Waals surface area contributed by atoms with Gasteiger partial charge in [-0.25, -0.2) is 19.0 Å². The maximum absolute atomic E-state index is 14.2. The summed E-state index contributed by atoms with van der Waals surface area (Å²) in [7, 11) is 0. The van der Waals surface area contributed by atoms with Crippen molar-refractivity contribution in [1.82, 2.24) is 24.6 Å². The van der Waals surface area contributed by atoms with E-state index in [1.165, 1.54) is 12.1 Å². The molecule has 1 atom stereocenters. The van der Waals surface area contributed by atoms with E-state index in [0.29, 0.717) is 26.2 Å². The van der Waals surface area contributed by atoms with Crippen LogP contribution in [0, 0.1) is 5.82 Å². The van der Waals surface area contributed by atoms with Gasteiger partial charge in [0, 0.05) is 32.1 Å². The number of para-hydroxylation sites is 1. The molecule has 0 N–H and O–H groups in total. The lowest BCUT2D eigenvalue weighted by atomic mass is 10.1. The van der Waals surface area contributed by atoms with E-state index in [1.807, 2.05) is 41.2 Å². The second-order valence-corrected chi connectivity index (χ2v) is 8.98. The Hall–Kier alpha value is -3.81. The lowest BCUT2D eigenvalue weighted by Crippen LogP contribution is -2.49. The van der Waals surface area contributed by atoms with Gasteiger partial charge in [0.15, 0.2) is 5.65 Å². The Kier molecular flexibility index (Phi) is 6.44. The van der Waals surface area contributed by atoms with Crippen molar-refractivity contribution in [2.24, 2.45) is 0 Å². The molecule has 1 fully saturated rings. The summed E-state index contributed by atoms with van der Waals surface area (Å²) < 4.78 is 16.0. The van der Waals surface area contributed by atoms with E-state index in [1.54, 1.807) is 17.0 Å². The zero-order valence-electron chi connectivity index (χ0n) is 20.1. The first kappa shape index (κ1) is 23.0. The standard InChI is InChI=1S/C27H29FN6O/c1-3-9-19(2)24-30-25(22-18-29-34(26(22)31-24)20-10-5-4-6-11-20)32-14-16-33(17-15-32)27(35)21-12-7-8-13-23(21)28/h4-8,10-13,18-19H,3,9,14-17H2,1-2H3/t19-/m1/s1. The highest BCUT2D eigenvalue weighted by atomic mass is 19.1. The van der Waals surface area contributed by atoms with Gasteiger partial charge in [-0.15, -0.1) is 0 Å². The SMILES string of the molecule is CCC[C@@H](C)c1nc(N2CCN(C(=O)c3ccccc3F)CC2)c2cnn(-c3ccccc3)c2n1. The highest BCUT2D eigenvalue weighted by Gasteiger charge is 2.27. The largest absolute Gasteiger partial charge is 0.352 e. The monoisotopic (exact) mass is 472 g/mol. The average molecular weight is 473 g/mol. The van der Waals surface area contributed by atoms with Crippen LogP contribution in [-0.4, -0.2) is 56.7 Å². The van der Waals surface area contributed by atoms with Crippen LogP contribution < -0.4 is 4.90 Å². The smallest absolute Gasteiger partial charge is 0.256 e. The summed E-state index contributed by atoms with van der Waals surface area (Å²) in [4.78, 5) is 26.7. The van der Waals surface area contributed by atoms with Gasteiger partial charge in [0.1, 0.15) is 17.5 Å². The summed E-state index contributed by atoms with van der Waals surface area (Å²) in [5.41, 5.74) is 1.84. The molecule has 3 heterocycles. The minimum Gasteiger partial charge on any atom is -0.352 e. The minimum absolute atomic E-state index is 0.116. The average Bonchev–Trinajstić information content (AvgIpc) is 3.33. The molecular formula is C27H29FN6O. The molecule has 1 amide bonds. The number of amides is 1. The van der Waals surface area contributed by atoms with Crippen LogP contribution in [0.15, 0.2) is 60.8 Å². The number of benzene rings is 2. The summed E-state index contributed by atoms with van der Waals surface area (Å²) in [6.45, 7) is 6.50. The van der Waals surface area contributed by atoms with Crippen molar-refractivity contribution in [3.8, 4) is 5.69 Å². The molecule has 1 aliphatic rings. The molecule has 0 unspecified atom stereocenters. The Morgan fingerprint density at radius 3 is 2.43 bits per heavy atom. The molecule has 4 aromatic rings. The van der Waals surface area contributed by atoms with Crippen molar-refractivity contribution in [3.63, 3.8) is 0 Å². The number of nitrogens with zero attached hydrogens (tertiary/aromatic N) is 6. The molecule has 0 spiro atoms. The van der Waals surface area contributed by atoms with Gasteiger partial charge in [-0.1, -0.05) is 50.6 Å². The maximum atomic E-state index is 14.2. The molecule has 180 valence electrons. The van der Waals surface area contributed by atoms with E-state index < -0.39 is 5.82 Å². The first-order valence-corrected chi connectivity index (χ1v) is 12.2. The zero-order valence-corrected chi connectivity index (χ0v) is 20.1. The number of fused-ring (bicyclic) bond motifs is 1. The van der Waals surface area contributed by atoms with Crippen LogP contribution in [0.5, 0.6) is 0 Å². The Morgan fingerprint density at radius 1 is 1.00 bits per heavy atom. The Bertz CT molecular complexity index is 1330. The van der Waals surface area contributed by atoms with Crippen molar-refractivity contribution >= 4 is 22.8 Å². The molecular weight excluding hydrogens is 443 g/mol. The molecule has 0 radical (unpaired) electrons. The Labute approximate surface area is 204 Å². The molecule has 8 heteroatoms. The number of carbonyl (C=O) groups is 1. The molecule has 1 aliphatic heterocycles. The van der Waals surface area contributed by atoms with Gasteiger partial charge in [0.25, 0.3) is 5.91 Å². The fourth-order valence-electron chi connectivity index (χ4n) is 4.62. The van der Waals surface area contributed by atoms with Crippen LogP contribution in [0.3, 0.4) is 0 Å². The first-order chi connectivity index (χ1) is 17.1. The fourth-order valence-corrected chi connectivity index (χ4v) is 4.62. The van der Waals surface area contributed by atoms with E-state index >= 15 is 0 Å². The van der Waals surface area contributed by atoms with Crippen LogP contribution in [0.25, 0.3) is 16.7 Å². The zero-order chi connectivity index (χ0) is 24.4. The topological polar surface area (TPSA) is 67.2 Å². The van der Waals surface area contributed by atoms with E-state index in [4.69, 9.17) is 9.97 Å². The van der Waals surface area contributed by atoms with Crippen LogP contribution in [0.2, 0.25) is 0 Å². The quantitative estimate of drug-likeness (QED) is 0.403. The summed E-state index contributed by atoms with van der Waals surface area (Å²) in [6.07, 6.45) is 3.87. The van der Waals surface area contributed by atoms with Crippen LogP contribution >= 0.6 is 0 Å². The van der Waals surface area contributed by atoms with Gasteiger partial charge in [-0.3, -0.25) is 4.79 Å². The number of hydrogen-bond acceptors (Lipinski definition) is 5. The highest BCUT2D eigenvalue weighted by Crippen LogP contribution is 2.30. The second kappa shape index (κ2) is 9.82. The summed E-state index contributed by atoms with van der Waals surface area (Å²) in [5.74, 6) is 1.10. The van der Waals surface area contributed by atoms with Gasteiger partial charge in [0.05, 0.1) is 22.8 Å². The molecule has 5 rings (SSSR count). The molecule has 1 saturated heterocycles. The number of hydrogen-bond donors (Lipinski definition) is 0. The number of anilines is 1. The number of aromatic nitrogens is 4. The highest BCUT2D eigenvalue weighted by molar-refractivity contribution is 5.95. The normalized spacial score (nSPS) is 14.9. The summed E-state index contributed by atoms with van der Waals surface area (Å²) in [6, 6.07) is 16.1. The predicted octanol–water partition coefficient (Wildman–Crippen LogP) is 4.82. The van der Waals surface area contributed by atoms with Crippen molar-refractivity contribution in [2.45, 2.75) is 32.6 Å². The maximum Gasteiger partial charge on any atom is 0.256 e. The number of carbonyl (C=O) groups excluding carboxylic acids is 1. The molecule has 0 saturated carbocycles. The van der Waals surface area contributed by atoms with Crippen molar-refractivity contribution < 1.29 is 9.18 Å². The van der Waals surface area contributed by atoms with E-state index in [-0.39, 0.29) is 17.4 Å². The van der Waals surface area contributed by atoms with E-state index in [9.17, 15) is 9.18 Å². The van der Waals surface area contributed by atoms with Crippen LogP contribution in [0.4, 0.5) is 10.2 Å². The number of rotatable bonds is 6. The lowest BCUT2D eigenvalue weighted by molar-refractivity contribution is 0.0742. The summed E-state index contributed by atoms with van der Waals surface area (Å²) in [5, 5.41) is 5.53. The van der Waals surface area contributed by atoms with E-state index in [0.717, 1.165) is 41.2 Å². The van der Waals surface area contributed by atoms with Crippen LogP contribution in [0.1, 0.15) is 48.8 Å². The van der Waals surface area contributed by atoms with Crippen molar-refractivity contribution in [2.75, 3.05) is 31.1 Å². The molecule has 0 bridgehead atoms. The third-order valence-electron chi connectivity index (χ3n) is 6.56. The predicted molar refractivity (Wildman–Crippen MR) is 134 cm³/mol. The van der Waals surface area contributed by atoms with Gasteiger partial charge in [-0.2, -0.15) is 5.10 Å². The summed E-state index contributed by atoms with van der Waals surface area (Å²) >= 11 is 0. The third-order valence-corrected chi connectivity index (χ3v) is 6.56. The third kappa shape index (κ3) is 4.48. The second-order valence-electron chi connectivity index (χ2n) is 8.98. The fraction of sp³-hybridized carbons (Fsp3) is 0.333. The molecule has 2 aromatic heterocycles. The first-order valence-electron chi connectivity index (χ1n) is 12.2. The van der Waals surface area contributed by atoms with Gasteiger partial charge >= 0.3 is 0 Å². The molecule has 35 heavy (non-hydrogen) atoms. The Morgan fingerprint density at radius 2 is 1.71 bits per heavy atom. The van der Waals surface area contributed by atoms with E-state index in [2.05, 4.69) is 23.8 Å². The number of halogens is 1. The van der Waals surface area contributed by atoms with Gasteiger partial charge < -0.3 is 9.80 Å². The lowest BCUT2D eigenvalue weighted by Gasteiger charge is -2.36. The van der Waals surface area contributed by atoms with Crippen LogP contribution in [-0.2, 0) is 0 Å². The van der Waals surface area contributed by atoms with Crippen molar-refractivity contribution in [3.05, 3.63) is 78.0 Å². The van der Waals surface area contributed by atoms with Gasteiger partial charge in [0.2, 0.25) is 0 Å². The van der Waals surface area contributed by atoms with Gasteiger partial charge in [-0.05, 0) is 30.7 Å². The molecule has 7 nitrogen and oxygen atoms in total. The Balaban J connectivity index is 1.46.